The molecule has 4 heterocycles. The second-order valence-corrected chi connectivity index (χ2v) is 9.29. The summed E-state index contributed by atoms with van der Waals surface area (Å²) in [5.74, 6) is -1.89. The zero-order valence-electron chi connectivity index (χ0n) is 19.7. The van der Waals surface area contributed by atoms with E-state index >= 15 is 0 Å². The summed E-state index contributed by atoms with van der Waals surface area (Å²) in [6.07, 6.45) is -6.04. The number of nitrogens with zero attached hydrogens (tertiary/aromatic N) is 2. The summed E-state index contributed by atoms with van der Waals surface area (Å²) in [6.45, 7) is 1.26. The zero-order chi connectivity index (χ0) is 27.9. The van der Waals surface area contributed by atoms with Crippen molar-refractivity contribution in [2.45, 2.75) is 61.9 Å². The Kier molecular flexibility index (Phi) is 8.32. The van der Waals surface area contributed by atoms with Gasteiger partial charge in [0.15, 0.2) is 16.2 Å². The quantitative estimate of drug-likeness (QED) is 0.131. The van der Waals surface area contributed by atoms with Crippen LogP contribution in [0.1, 0.15) is 13.8 Å². The van der Waals surface area contributed by atoms with Crippen molar-refractivity contribution in [1.82, 2.24) is 19.8 Å². The van der Waals surface area contributed by atoms with Crippen LogP contribution in [0, 0.1) is 4.77 Å². The number of imide groups is 1. The summed E-state index contributed by atoms with van der Waals surface area (Å²) in [6, 6.07) is 0.326. The highest BCUT2D eigenvalue weighted by atomic mass is 32.1. The van der Waals surface area contributed by atoms with Gasteiger partial charge >= 0.3 is 6.03 Å². The number of nitrogens with one attached hydrogen (secondary N) is 2. The highest BCUT2D eigenvalue weighted by Crippen LogP contribution is 2.36. The molecule has 0 bridgehead atoms. The Morgan fingerprint density at radius 3 is 1.97 bits per heavy atom. The van der Waals surface area contributed by atoms with E-state index in [-0.39, 0.29) is 10.3 Å². The second-order valence-electron chi connectivity index (χ2n) is 8.91. The monoisotopic (exact) mass is 548 g/mol. The largest absolute Gasteiger partial charge is 0.394 e. The number of H-pyrrole nitrogens is 1. The van der Waals surface area contributed by atoms with Gasteiger partial charge in [-0.3, -0.25) is 34.2 Å². The van der Waals surface area contributed by atoms with Crippen LogP contribution in [0.4, 0.5) is 4.79 Å². The van der Waals surface area contributed by atoms with Crippen LogP contribution >= 0.6 is 12.2 Å². The Bertz CT molecular complexity index is 1170. The number of aromatic amines is 1. The van der Waals surface area contributed by atoms with Crippen molar-refractivity contribution >= 4 is 29.9 Å². The summed E-state index contributed by atoms with van der Waals surface area (Å²) >= 11 is 4.99. The molecule has 0 spiro atoms. The van der Waals surface area contributed by atoms with Gasteiger partial charge in [0.1, 0.15) is 36.6 Å². The SMILES string of the molecule is C[C@@]1(N2CC(=O)C(=O)NC2=O)O[C@H](CO)[C@@H](O)[C@H]1O.C[C@@]1(n2ccc(=O)[nH]c2=S)O[C@H](CO)[C@@H](O)[C@H]1O. The number of hydrogen-bond donors (Lipinski definition) is 8. The maximum atomic E-state index is 11.7. The van der Waals surface area contributed by atoms with E-state index in [1.807, 2.05) is 5.32 Å². The molecule has 37 heavy (non-hydrogen) atoms. The van der Waals surface area contributed by atoms with Crippen LogP contribution in [0.15, 0.2) is 17.1 Å². The van der Waals surface area contributed by atoms with Crippen LogP contribution < -0.4 is 10.9 Å². The molecule has 3 aliphatic heterocycles. The number of Topliss-reactive ketones (excluding diaryl/α,β-unsaturated/α-hetero) is 1. The molecule has 8 N–H and O–H groups in total. The molecule has 3 amide bonds. The molecule has 0 saturated carbocycles. The number of hydrogen-bond acceptors (Lipinski definition) is 13. The summed E-state index contributed by atoms with van der Waals surface area (Å²) < 4.78 is 12.1. The first-order valence-electron chi connectivity index (χ1n) is 11.0. The lowest BCUT2D eigenvalue weighted by molar-refractivity contribution is -0.167. The van der Waals surface area contributed by atoms with E-state index in [9.17, 15) is 39.6 Å². The first-order valence-corrected chi connectivity index (χ1v) is 11.4. The molecule has 0 aliphatic carbocycles. The minimum Gasteiger partial charge on any atom is -0.394 e. The average molecular weight is 549 g/mol. The number of aliphatic hydroxyl groups excluding tert-OH is 6. The molecule has 1 aromatic heterocycles. The Hall–Kier alpha value is -2.61. The Labute approximate surface area is 213 Å². The fraction of sp³-hybridized carbons (Fsp3) is 0.650. The number of ketones is 1. The lowest BCUT2D eigenvalue weighted by atomic mass is 10.0. The van der Waals surface area contributed by atoms with Gasteiger partial charge in [-0.15, -0.1) is 0 Å². The molecule has 0 radical (unpaired) electrons. The predicted octanol–water partition coefficient (Wildman–Crippen LogP) is -4.37. The molecular formula is C20H28N4O12S. The van der Waals surface area contributed by atoms with Gasteiger partial charge in [-0.05, 0) is 26.1 Å². The van der Waals surface area contributed by atoms with E-state index in [1.165, 1.54) is 30.7 Å². The normalized spacial score (nSPS) is 37.8. The molecule has 0 unspecified atom stereocenters. The molecule has 16 nitrogen and oxygen atoms in total. The van der Waals surface area contributed by atoms with E-state index in [0.29, 0.717) is 0 Å². The van der Waals surface area contributed by atoms with Gasteiger partial charge < -0.3 is 40.1 Å². The van der Waals surface area contributed by atoms with Gasteiger partial charge in [0.25, 0.3) is 11.5 Å². The molecular weight excluding hydrogens is 520 g/mol. The molecule has 3 fully saturated rings. The van der Waals surface area contributed by atoms with E-state index in [2.05, 4.69) is 4.98 Å². The van der Waals surface area contributed by atoms with Gasteiger partial charge in [-0.1, -0.05) is 0 Å². The fourth-order valence-electron chi connectivity index (χ4n) is 4.29. The van der Waals surface area contributed by atoms with Crippen LogP contribution in [0.25, 0.3) is 0 Å². The maximum Gasteiger partial charge on any atom is 0.327 e. The van der Waals surface area contributed by atoms with Crippen LogP contribution in [-0.2, 0) is 24.8 Å². The van der Waals surface area contributed by atoms with Crippen molar-refractivity contribution in [3.05, 3.63) is 27.4 Å². The summed E-state index contributed by atoms with van der Waals surface area (Å²) in [5, 5.41) is 59.3. The molecule has 3 saturated heterocycles. The predicted molar refractivity (Wildman–Crippen MR) is 121 cm³/mol. The zero-order valence-corrected chi connectivity index (χ0v) is 20.5. The number of rotatable bonds is 4. The van der Waals surface area contributed by atoms with Crippen molar-refractivity contribution in [3.8, 4) is 0 Å². The summed E-state index contributed by atoms with van der Waals surface area (Å²) in [5.41, 5.74) is -3.41. The maximum absolute atomic E-state index is 11.7. The topological polar surface area (TPSA) is 244 Å². The molecule has 1 aromatic rings. The number of aliphatic hydroxyl groups is 6. The van der Waals surface area contributed by atoms with Gasteiger partial charge in [0, 0.05) is 12.3 Å². The Morgan fingerprint density at radius 2 is 1.49 bits per heavy atom. The van der Waals surface area contributed by atoms with Gasteiger partial charge in [0.05, 0.1) is 19.8 Å². The number of ether oxygens (including phenoxy) is 2. The first kappa shape index (κ1) is 29.0. The van der Waals surface area contributed by atoms with Crippen LogP contribution in [-0.4, -0.2) is 125 Å². The third kappa shape index (κ3) is 5.09. The molecule has 8 atom stereocenters. The number of urea groups is 1. The van der Waals surface area contributed by atoms with Crippen molar-refractivity contribution in [2.75, 3.05) is 19.8 Å². The smallest absolute Gasteiger partial charge is 0.327 e. The molecule has 3 aliphatic rings. The Balaban J connectivity index is 0.000000206. The minimum atomic E-state index is -1.70. The highest BCUT2D eigenvalue weighted by molar-refractivity contribution is 7.71. The highest BCUT2D eigenvalue weighted by Gasteiger charge is 2.57. The Morgan fingerprint density at radius 1 is 0.973 bits per heavy atom. The minimum absolute atomic E-state index is 0.0647. The summed E-state index contributed by atoms with van der Waals surface area (Å²) in [7, 11) is 0. The van der Waals surface area contributed by atoms with E-state index in [0.717, 1.165) is 4.90 Å². The molecule has 4 rings (SSSR count). The number of aromatic nitrogens is 2. The van der Waals surface area contributed by atoms with Crippen molar-refractivity contribution in [3.63, 3.8) is 0 Å². The van der Waals surface area contributed by atoms with Gasteiger partial charge in [-0.25, -0.2) is 4.79 Å². The lowest BCUT2D eigenvalue weighted by Gasteiger charge is -2.40. The average Bonchev–Trinajstić information content (AvgIpc) is 3.21. The molecule has 0 aromatic carbocycles. The molecule has 206 valence electrons. The van der Waals surface area contributed by atoms with Crippen molar-refractivity contribution < 1.29 is 54.5 Å². The van der Waals surface area contributed by atoms with Crippen LogP contribution in [0.5, 0.6) is 0 Å². The van der Waals surface area contributed by atoms with Crippen LogP contribution in [0.2, 0.25) is 0 Å². The van der Waals surface area contributed by atoms with E-state index in [4.69, 9.17) is 31.9 Å². The van der Waals surface area contributed by atoms with Gasteiger partial charge in [-0.2, -0.15) is 0 Å². The number of carbonyl (C=O) groups is 3. The first-order chi connectivity index (χ1) is 17.2. The van der Waals surface area contributed by atoms with E-state index < -0.39 is 85.6 Å². The van der Waals surface area contributed by atoms with E-state index in [1.54, 1.807) is 0 Å². The summed E-state index contributed by atoms with van der Waals surface area (Å²) in [4.78, 5) is 48.4. The number of amides is 3. The standard InChI is InChI=1S/C10H14N2O7.C10H14N2O5S/c1-10(7(16)6(15)5(3-13)19-10)12-2-4(14)8(17)11-9(12)18;1-10(8(16)7(15)5(4-13)17-10)12-3-2-6(14)11-9(12)18/h5-7,13,15-16H,2-3H2,1H3,(H,11,17,18);2-3,5,7-8,13,15-16H,4H2,1H3,(H,11,14,18)/t5-,6-,7-,10-;5-,7-,8-,10-/m11/s1. The molecule has 17 heteroatoms. The van der Waals surface area contributed by atoms with Crippen molar-refractivity contribution in [2.24, 2.45) is 0 Å². The number of carbonyl (C=O) groups excluding carboxylic acids is 3. The van der Waals surface area contributed by atoms with Gasteiger partial charge in [0.2, 0.25) is 5.78 Å². The lowest BCUT2D eigenvalue weighted by Crippen LogP contribution is -2.65. The van der Waals surface area contributed by atoms with Crippen LogP contribution in [0.3, 0.4) is 0 Å². The second kappa shape index (κ2) is 10.6. The fourth-order valence-corrected chi connectivity index (χ4v) is 4.63. The van der Waals surface area contributed by atoms with Crippen molar-refractivity contribution in [1.29, 1.82) is 0 Å². The third-order valence-corrected chi connectivity index (χ3v) is 6.80. The third-order valence-electron chi connectivity index (χ3n) is 6.51.